The molecule has 2 aromatic carbocycles. The predicted octanol–water partition coefficient (Wildman–Crippen LogP) is 3.53. The van der Waals surface area contributed by atoms with Crippen molar-refractivity contribution in [3.05, 3.63) is 64.1 Å². The molecule has 5 rings (SSSR count). The lowest BCUT2D eigenvalue weighted by Crippen LogP contribution is -2.44. The van der Waals surface area contributed by atoms with E-state index in [9.17, 15) is 9.59 Å². The lowest BCUT2D eigenvalue weighted by molar-refractivity contribution is -0.126. The maximum absolute atomic E-state index is 13.4. The summed E-state index contributed by atoms with van der Waals surface area (Å²) in [6.07, 6.45) is 0.987. The molecule has 3 aliphatic rings. The monoisotopic (exact) mass is 401 g/mol. The third-order valence-corrected chi connectivity index (χ3v) is 6.45. The fourth-order valence-electron chi connectivity index (χ4n) is 4.64. The number of halogens is 2. The summed E-state index contributed by atoms with van der Waals surface area (Å²) in [6.45, 7) is 1.65. The molecule has 138 valence electrons. The molecule has 2 amide bonds. The number of benzene rings is 2. The van der Waals surface area contributed by atoms with Crippen LogP contribution >= 0.6 is 23.2 Å². The molecule has 0 N–H and O–H groups in total. The number of hydrazine groups is 1. The fraction of sp³-hybridized carbons (Fsp3) is 0.300. The molecular weight excluding hydrogens is 385 g/mol. The van der Waals surface area contributed by atoms with E-state index < -0.39 is 12.0 Å². The van der Waals surface area contributed by atoms with E-state index in [2.05, 4.69) is 10.0 Å². The van der Waals surface area contributed by atoms with Crippen molar-refractivity contribution >= 4 is 40.7 Å². The smallest absolute Gasteiger partial charge is 0.253 e. The van der Waals surface area contributed by atoms with Gasteiger partial charge in [-0.3, -0.25) is 9.59 Å². The van der Waals surface area contributed by atoms with Gasteiger partial charge in [-0.1, -0.05) is 53.5 Å². The van der Waals surface area contributed by atoms with Crippen molar-refractivity contribution < 1.29 is 9.59 Å². The van der Waals surface area contributed by atoms with Gasteiger partial charge in [-0.25, -0.2) is 14.9 Å². The molecule has 5 nitrogen and oxygen atoms in total. The van der Waals surface area contributed by atoms with Gasteiger partial charge in [0.05, 0.1) is 27.7 Å². The molecule has 3 heterocycles. The average Bonchev–Trinajstić information content (AvgIpc) is 3.31. The second kappa shape index (κ2) is 6.31. The van der Waals surface area contributed by atoms with Gasteiger partial charge in [-0.15, -0.1) is 0 Å². The number of fused-ring (bicyclic) bond motifs is 3. The first-order valence-electron chi connectivity index (χ1n) is 8.99. The van der Waals surface area contributed by atoms with Crippen LogP contribution in [0.5, 0.6) is 0 Å². The van der Waals surface area contributed by atoms with Gasteiger partial charge in [0, 0.05) is 13.1 Å². The minimum atomic E-state index is -0.459. The molecule has 0 aliphatic carbocycles. The molecule has 27 heavy (non-hydrogen) atoms. The minimum Gasteiger partial charge on any atom is -0.274 e. The summed E-state index contributed by atoms with van der Waals surface area (Å²) >= 11 is 12.1. The first kappa shape index (κ1) is 17.2. The van der Waals surface area contributed by atoms with Gasteiger partial charge in [0.15, 0.2) is 0 Å². The molecule has 0 radical (unpaired) electrons. The molecule has 7 heteroatoms. The number of anilines is 1. The molecule has 0 saturated carbocycles. The second-order valence-electron chi connectivity index (χ2n) is 7.12. The van der Waals surface area contributed by atoms with Crippen LogP contribution in [0.25, 0.3) is 0 Å². The average molecular weight is 402 g/mol. The lowest BCUT2D eigenvalue weighted by Gasteiger charge is -2.29. The van der Waals surface area contributed by atoms with E-state index >= 15 is 0 Å². The quantitative estimate of drug-likeness (QED) is 0.721. The highest BCUT2D eigenvalue weighted by molar-refractivity contribution is 6.42. The number of carbonyl (C=O) groups excluding carboxylic acids is 2. The van der Waals surface area contributed by atoms with Crippen molar-refractivity contribution in [2.24, 2.45) is 5.92 Å². The molecule has 3 saturated heterocycles. The van der Waals surface area contributed by atoms with E-state index in [1.807, 2.05) is 30.3 Å². The Morgan fingerprint density at radius 3 is 2.22 bits per heavy atom. The summed E-state index contributed by atoms with van der Waals surface area (Å²) in [5, 5.41) is 5.01. The van der Waals surface area contributed by atoms with Gasteiger partial charge in [-0.05, 0) is 30.2 Å². The van der Waals surface area contributed by atoms with Crippen LogP contribution in [-0.4, -0.2) is 41.0 Å². The highest BCUT2D eigenvalue weighted by atomic mass is 35.5. The number of imide groups is 1. The number of amides is 2. The van der Waals surface area contributed by atoms with Gasteiger partial charge in [-0.2, -0.15) is 0 Å². The van der Waals surface area contributed by atoms with E-state index in [-0.39, 0.29) is 17.9 Å². The maximum atomic E-state index is 13.4. The third kappa shape index (κ3) is 2.46. The molecule has 0 bridgehead atoms. The summed E-state index contributed by atoms with van der Waals surface area (Å²) in [5.41, 5.74) is 1.54. The van der Waals surface area contributed by atoms with Crippen molar-refractivity contribution in [1.29, 1.82) is 0 Å². The summed E-state index contributed by atoms with van der Waals surface area (Å²) in [5.74, 6) is -0.782. The largest absolute Gasteiger partial charge is 0.274 e. The zero-order chi connectivity index (χ0) is 18.7. The Labute approximate surface area is 167 Å². The number of rotatable bonds is 2. The van der Waals surface area contributed by atoms with Gasteiger partial charge in [0.25, 0.3) is 5.91 Å². The highest BCUT2D eigenvalue weighted by Gasteiger charge is 2.62. The Morgan fingerprint density at radius 1 is 0.815 bits per heavy atom. The summed E-state index contributed by atoms with van der Waals surface area (Å²) in [6, 6.07) is 14.3. The Bertz CT molecular complexity index is 936. The van der Waals surface area contributed by atoms with E-state index in [1.54, 1.807) is 18.2 Å². The van der Waals surface area contributed by atoms with Crippen LogP contribution in [0.4, 0.5) is 5.69 Å². The maximum Gasteiger partial charge on any atom is 0.253 e. The van der Waals surface area contributed by atoms with E-state index in [1.165, 1.54) is 4.90 Å². The van der Waals surface area contributed by atoms with Gasteiger partial charge in [0.1, 0.15) is 6.04 Å². The predicted molar refractivity (Wildman–Crippen MR) is 103 cm³/mol. The topological polar surface area (TPSA) is 43.9 Å². The van der Waals surface area contributed by atoms with Crippen molar-refractivity contribution in [3.63, 3.8) is 0 Å². The Morgan fingerprint density at radius 2 is 1.52 bits per heavy atom. The molecule has 3 fully saturated rings. The second-order valence-corrected chi connectivity index (χ2v) is 7.93. The normalized spacial score (nSPS) is 28.1. The molecule has 3 aliphatic heterocycles. The molecule has 0 unspecified atom stereocenters. The standard InChI is InChI=1S/C20H17Cl2N3O2/c21-14-8-7-13(11-15(14)22)25-19(26)16-17(12-5-2-1-3-6-12)23-9-4-10-24(23)18(16)20(25)27/h1-3,5-8,11,16-18H,4,9-10H2/t16-,17-,18-/m0/s1. The molecular formula is C20H17Cl2N3O2. The van der Waals surface area contributed by atoms with Crippen LogP contribution in [0.1, 0.15) is 18.0 Å². The Hall–Kier alpha value is -1.92. The first-order valence-corrected chi connectivity index (χ1v) is 9.74. The fourth-order valence-corrected chi connectivity index (χ4v) is 4.93. The number of nitrogens with zero attached hydrogens (tertiary/aromatic N) is 3. The van der Waals surface area contributed by atoms with Gasteiger partial charge in [0.2, 0.25) is 5.91 Å². The van der Waals surface area contributed by atoms with E-state index in [4.69, 9.17) is 23.2 Å². The van der Waals surface area contributed by atoms with E-state index in [0.29, 0.717) is 15.7 Å². The summed E-state index contributed by atoms with van der Waals surface area (Å²) in [4.78, 5) is 27.9. The highest BCUT2D eigenvalue weighted by Crippen LogP contribution is 2.49. The van der Waals surface area contributed by atoms with Crippen molar-refractivity contribution in [2.75, 3.05) is 18.0 Å². The number of hydrogen-bond acceptors (Lipinski definition) is 4. The van der Waals surface area contributed by atoms with Crippen molar-refractivity contribution in [3.8, 4) is 0 Å². The molecule has 2 aromatic rings. The molecule has 3 atom stereocenters. The van der Waals surface area contributed by atoms with Crippen molar-refractivity contribution in [2.45, 2.75) is 18.5 Å². The van der Waals surface area contributed by atoms with Crippen LogP contribution in [0.2, 0.25) is 10.0 Å². The molecule has 0 spiro atoms. The Balaban J connectivity index is 1.59. The van der Waals surface area contributed by atoms with Crippen LogP contribution in [-0.2, 0) is 9.59 Å². The zero-order valence-corrected chi connectivity index (χ0v) is 15.9. The van der Waals surface area contributed by atoms with Crippen LogP contribution in [0.3, 0.4) is 0 Å². The van der Waals surface area contributed by atoms with Crippen LogP contribution < -0.4 is 4.90 Å². The Kier molecular flexibility index (Phi) is 4.02. The third-order valence-electron chi connectivity index (χ3n) is 5.71. The van der Waals surface area contributed by atoms with E-state index in [0.717, 1.165) is 25.1 Å². The molecule has 0 aromatic heterocycles. The van der Waals surface area contributed by atoms with Gasteiger partial charge < -0.3 is 0 Å². The van der Waals surface area contributed by atoms with Gasteiger partial charge >= 0.3 is 0 Å². The van der Waals surface area contributed by atoms with Crippen LogP contribution in [0, 0.1) is 5.92 Å². The lowest BCUT2D eigenvalue weighted by atomic mass is 9.90. The zero-order valence-electron chi connectivity index (χ0n) is 14.4. The summed E-state index contributed by atoms with van der Waals surface area (Å²) in [7, 11) is 0. The number of carbonyl (C=O) groups is 2. The number of hydrogen-bond donors (Lipinski definition) is 0. The first-order chi connectivity index (χ1) is 13.1. The SMILES string of the molecule is O=C1[C@@H]2[C@@H](C(=O)N1c1ccc(Cl)c(Cl)c1)N1CCCN1[C@H]2c1ccccc1. The summed E-state index contributed by atoms with van der Waals surface area (Å²) < 4.78 is 0. The van der Waals surface area contributed by atoms with Crippen LogP contribution in [0.15, 0.2) is 48.5 Å². The van der Waals surface area contributed by atoms with Crippen molar-refractivity contribution in [1.82, 2.24) is 10.0 Å². The minimum absolute atomic E-state index is 0.122.